The van der Waals surface area contributed by atoms with Crippen LogP contribution in [0.15, 0.2) is 65.7 Å². The van der Waals surface area contributed by atoms with Crippen molar-refractivity contribution in [1.82, 2.24) is 15.1 Å². The second-order valence-corrected chi connectivity index (χ2v) is 7.93. The third-order valence-corrected chi connectivity index (χ3v) is 5.85. The standard InChI is InChI=1S/C25H30N4O.HI/c1-26-25(28-15-12-23(13-16-28)22-9-3-2-4-10-22)27-18-20-7-5-8-21(17-20)19-29-14-6-11-24(29)30;/h2-5,7-10,12,17H,6,11,13-16,18-19H2,1H3,(H,26,27);1H. The lowest BCUT2D eigenvalue weighted by atomic mass is 10.00. The fourth-order valence-corrected chi connectivity index (χ4v) is 4.22. The van der Waals surface area contributed by atoms with Gasteiger partial charge in [0.15, 0.2) is 5.96 Å². The second kappa shape index (κ2) is 11.3. The van der Waals surface area contributed by atoms with Gasteiger partial charge in [-0.05, 0) is 35.1 Å². The van der Waals surface area contributed by atoms with E-state index in [-0.39, 0.29) is 29.9 Å². The van der Waals surface area contributed by atoms with E-state index in [1.54, 1.807) is 0 Å². The van der Waals surface area contributed by atoms with Gasteiger partial charge >= 0.3 is 0 Å². The van der Waals surface area contributed by atoms with Gasteiger partial charge in [-0.25, -0.2) is 0 Å². The van der Waals surface area contributed by atoms with Crippen molar-refractivity contribution in [3.8, 4) is 0 Å². The molecule has 2 aromatic rings. The molecule has 1 saturated heterocycles. The lowest BCUT2D eigenvalue weighted by molar-refractivity contribution is -0.128. The van der Waals surface area contributed by atoms with Gasteiger partial charge in [-0.3, -0.25) is 9.79 Å². The minimum absolute atomic E-state index is 0. The third-order valence-electron chi connectivity index (χ3n) is 5.85. The number of nitrogens with one attached hydrogen (secondary N) is 1. The van der Waals surface area contributed by atoms with Crippen LogP contribution in [0.1, 0.15) is 36.0 Å². The normalized spacial score (nSPS) is 16.7. The van der Waals surface area contributed by atoms with Crippen molar-refractivity contribution >= 4 is 41.4 Å². The molecule has 31 heavy (non-hydrogen) atoms. The van der Waals surface area contributed by atoms with Crippen molar-refractivity contribution in [3.63, 3.8) is 0 Å². The molecule has 0 spiro atoms. The van der Waals surface area contributed by atoms with Crippen LogP contribution in [0.2, 0.25) is 0 Å². The molecule has 0 bridgehead atoms. The van der Waals surface area contributed by atoms with E-state index in [9.17, 15) is 4.79 Å². The molecule has 5 nitrogen and oxygen atoms in total. The summed E-state index contributed by atoms with van der Waals surface area (Å²) in [5, 5.41) is 3.51. The number of nitrogens with zero attached hydrogens (tertiary/aromatic N) is 3. The summed E-state index contributed by atoms with van der Waals surface area (Å²) in [5.74, 6) is 1.20. The second-order valence-electron chi connectivity index (χ2n) is 7.93. The van der Waals surface area contributed by atoms with Crippen LogP contribution in [0.5, 0.6) is 0 Å². The smallest absolute Gasteiger partial charge is 0.222 e. The summed E-state index contributed by atoms with van der Waals surface area (Å²) in [6, 6.07) is 19.1. The van der Waals surface area contributed by atoms with Crippen LogP contribution in [0.3, 0.4) is 0 Å². The number of carbonyl (C=O) groups is 1. The molecule has 4 rings (SSSR count). The zero-order chi connectivity index (χ0) is 20.8. The summed E-state index contributed by atoms with van der Waals surface area (Å²) in [6.07, 6.45) is 4.99. The number of guanidine groups is 1. The first kappa shape index (κ1) is 23.3. The summed E-state index contributed by atoms with van der Waals surface area (Å²) >= 11 is 0. The molecule has 164 valence electrons. The van der Waals surface area contributed by atoms with E-state index < -0.39 is 0 Å². The van der Waals surface area contributed by atoms with Crippen molar-refractivity contribution in [2.24, 2.45) is 4.99 Å². The van der Waals surface area contributed by atoms with Gasteiger partial charge < -0.3 is 15.1 Å². The number of aliphatic imine (C=N–C) groups is 1. The van der Waals surface area contributed by atoms with E-state index in [1.807, 2.05) is 11.9 Å². The Morgan fingerprint density at radius 2 is 1.84 bits per heavy atom. The highest BCUT2D eigenvalue weighted by Gasteiger charge is 2.20. The van der Waals surface area contributed by atoms with Crippen LogP contribution < -0.4 is 5.32 Å². The first-order valence-electron chi connectivity index (χ1n) is 10.8. The van der Waals surface area contributed by atoms with E-state index in [1.165, 1.54) is 22.3 Å². The fraction of sp³-hybridized carbons (Fsp3) is 0.360. The molecule has 2 aliphatic rings. The number of carbonyl (C=O) groups excluding carboxylic acids is 1. The minimum atomic E-state index is 0. The Morgan fingerprint density at radius 3 is 2.52 bits per heavy atom. The maximum atomic E-state index is 11.9. The van der Waals surface area contributed by atoms with Crippen molar-refractivity contribution < 1.29 is 4.79 Å². The van der Waals surface area contributed by atoms with Crippen LogP contribution in [0.4, 0.5) is 0 Å². The fourth-order valence-electron chi connectivity index (χ4n) is 4.22. The Morgan fingerprint density at radius 1 is 1.03 bits per heavy atom. The Bertz CT molecular complexity index is 942. The Kier molecular flexibility index (Phi) is 8.51. The van der Waals surface area contributed by atoms with E-state index in [0.29, 0.717) is 13.0 Å². The number of hydrogen-bond acceptors (Lipinski definition) is 2. The van der Waals surface area contributed by atoms with E-state index in [0.717, 1.165) is 45.0 Å². The number of hydrogen-bond donors (Lipinski definition) is 1. The highest BCUT2D eigenvalue weighted by atomic mass is 127. The predicted octanol–water partition coefficient (Wildman–Crippen LogP) is 4.29. The van der Waals surface area contributed by atoms with E-state index >= 15 is 0 Å². The van der Waals surface area contributed by atoms with Crippen molar-refractivity contribution in [2.45, 2.75) is 32.4 Å². The molecule has 2 aliphatic heterocycles. The summed E-state index contributed by atoms with van der Waals surface area (Å²) in [6.45, 7) is 4.13. The van der Waals surface area contributed by atoms with Crippen molar-refractivity contribution in [3.05, 3.63) is 77.4 Å². The summed E-state index contributed by atoms with van der Waals surface area (Å²) in [4.78, 5) is 20.6. The van der Waals surface area contributed by atoms with Crippen LogP contribution >= 0.6 is 24.0 Å². The average molecular weight is 530 g/mol. The molecule has 1 amide bonds. The average Bonchev–Trinajstić information content (AvgIpc) is 3.20. The maximum absolute atomic E-state index is 11.9. The molecule has 2 aromatic carbocycles. The molecular weight excluding hydrogens is 499 g/mol. The highest BCUT2D eigenvalue weighted by Crippen LogP contribution is 2.22. The molecule has 0 radical (unpaired) electrons. The molecule has 0 aromatic heterocycles. The molecule has 1 fully saturated rings. The first-order valence-corrected chi connectivity index (χ1v) is 10.8. The molecular formula is C25H31IN4O. The number of rotatable bonds is 5. The molecule has 6 heteroatoms. The number of benzene rings is 2. The van der Waals surface area contributed by atoms with Crippen molar-refractivity contribution in [1.29, 1.82) is 0 Å². The number of likely N-dealkylation sites (tertiary alicyclic amines) is 1. The summed E-state index contributed by atoms with van der Waals surface area (Å²) in [7, 11) is 1.84. The topological polar surface area (TPSA) is 47.9 Å². The van der Waals surface area contributed by atoms with Crippen LogP contribution in [-0.4, -0.2) is 48.3 Å². The largest absolute Gasteiger partial charge is 0.352 e. The van der Waals surface area contributed by atoms with Crippen LogP contribution in [0, 0.1) is 0 Å². The quantitative estimate of drug-likeness (QED) is 0.357. The lowest BCUT2D eigenvalue weighted by Gasteiger charge is -2.30. The van der Waals surface area contributed by atoms with Gasteiger partial charge in [0.05, 0.1) is 0 Å². The Hall–Kier alpha value is -2.35. The SMILES string of the molecule is CN=C(NCc1cccc(CN2CCCC2=O)c1)N1CC=C(c2ccccc2)CC1.I. The number of amides is 1. The molecule has 0 atom stereocenters. The van der Waals surface area contributed by atoms with Gasteiger partial charge in [-0.1, -0.05) is 60.7 Å². The first-order chi connectivity index (χ1) is 14.7. The zero-order valence-electron chi connectivity index (χ0n) is 18.1. The highest BCUT2D eigenvalue weighted by molar-refractivity contribution is 14.0. The molecule has 0 aliphatic carbocycles. The van der Waals surface area contributed by atoms with Gasteiger partial charge in [-0.15, -0.1) is 24.0 Å². The molecule has 2 heterocycles. The summed E-state index contributed by atoms with van der Waals surface area (Å²) < 4.78 is 0. The van der Waals surface area contributed by atoms with E-state index in [2.05, 4.69) is 75.9 Å². The van der Waals surface area contributed by atoms with Gasteiger partial charge in [0.2, 0.25) is 5.91 Å². The predicted molar refractivity (Wildman–Crippen MR) is 137 cm³/mol. The van der Waals surface area contributed by atoms with E-state index in [4.69, 9.17) is 0 Å². The molecule has 0 unspecified atom stereocenters. The molecule has 1 N–H and O–H groups in total. The Balaban J connectivity index is 0.00000272. The maximum Gasteiger partial charge on any atom is 0.222 e. The van der Waals surface area contributed by atoms with Gasteiger partial charge in [0.25, 0.3) is 0 Å². The monoisotopic (exact) mass is 530 g/mol. The lowest BCUT2D eigenvalue weighted by Crippen LogP contribution is -2.43. The molecule has 0 saturated carbocycles. The van der Waals surface area contributed by atoms with Crippen LogP contribution in [-0.2, 0) is 17.9 Å². The van der Waals surface area contributed by atoms with Gasteiger partial charge in [0, 0.05) is 46.2 Å². The zero-order valence-corrected chi connectivity index (χ0v) is 20.4. The van der Waals surface area contributed by atoms with Gasteiger partial charge in [-0.2, -0.15) is 0 Å². The minimum Gasteiger partial charge on any atom is -0.352 e. The third kappa shape index (κ3) is 6.09. The Labute approximate surface area is 202 Å². The van der Waals surface area contributed by atoms with Crippen LogP contribution in [0.25, 0.3) is 5.57 Å². The van der Waals surface area contributed by atoms with Crippen molar-refractivity contribution in [2.75, 3.05) is 26.7 Å². The van der Waals surface area contributed by atoms with Gasteiger partial charge in [0.1, 0.15) is 0 Å². The summed E-state index contributed by atoms with van der Waals surface area (Å²) in [5.41, 5.74) is 5.12. The number of halogens is 1.